The third-order valence-electron chi connectivity index (χ3n) is 2.24. The van der Waals surface area contributed by atoms with Gasteiger partial charge in [-0.05, 0) is 30.2 Å². The van der Waals surface area contributed by atoms with Gasteiger partial charge in [-0.15, -0.1) is 0 Å². The van der Waals surface area contributed by atoms with Crippen molar-refractivity contribution < 1.29 is 4.79 Å². The van der Waals surface area contributed by atoms with E-state index in [-0.39, 0.29) is 5.57 Å². The number of halogens is 1. The highest BCUT2D eigenvalue weighted by Gasteiger charge is 2.08. The third kappa shape index (κ3) is 5.45. The minimum Gasteiger partial charge on any atom is -0.389 e. The second-order valence-electron chi connectivity index (χ2n) is 4.43. The number of rotatable bonds is 5. The topological polar surface area (TPSA) is 64.9 Å². The molecular weight excluding hydrogens is 262 g/mol. The van der Waals surface area contributed by atoms with E-state index in [0.717, 1.165) is 0 Å². The summed E-state index contributed by atoms with van der Waals surface area (Å²) in [5.41, 5.74) is 0.634. The molecule has 0 aromatic heterocycles. The molecule has 19 heavy (non-hydrogen) atoms. The summed E-state index contributed by atoms with van der Waals surface area (Å²) in [7, 11) is 0. The van der Waals surface area contributed by atoms with E-state index in [1.54, 1.807) is 24.3 Å². The number of hydrogen-bond donors (Lipinski definition) is 2. The predicted octanol–water partition coefficient (Wildman–Crippen LogP) is 2.93. The van der Waals surface area contributed by atoms with Crippen LogP contribution in [0.2, 0.25) is 5.02 Å². The lowest BCUT2D eigenvalue weighted by Gasteiger charge is -2.06. The molecule has 0 atom stereocenters. The minimum atomic E-state index is -0.443. The van der Waals surface area contributed by atoms with Gasteiger partial charge in [-0.1, -0.05) is 25.4 Å². The Morgan fingerprint density at radius 3 is 2.58 bits per heavy atom. The van der Waals surface area contributed by atoms with Crippen LogP contribution in [0.25, 0.3) is 0 Å². The fraction of sp³-hybridized carbons (Fsp3) is 0.286. The summed E-state index contributed by atoms with van der Waals surface area (Å²) in [5, 5.41) is 15.1. The number of hydrogen-bond acceptors (Lipinski definition) is 3. The highest BCUT2D eigenvalue weighted by atomic mass is 35.5. The van der Waals surface area contributed by atoms with Gasteiger partial charge in [-0.3, -0.25) is 4.79 Å². The first-order valence-electron chi connectivity index (χ1n) is 5.93. The highest BCUT2D eigenvalue weighted by Crippen LogP contribution is 2.13. The van der Waals surface area contributed by atoms with Gasteiger partial charge in [0, 0.05) is 23.5 Å². The molecule has 0 saturated heterocycles. The zero-order valence-electron chi connectivity index (χ0n) is 10.9. The van der Waals surface area contributed by atoms with Crippen molar-refractivity contribution in [2.24, 2.45) is 5.92 Å². The first-order chi connectivity index (χ1) is 9.02. The number of nitrogens with one attached hydrogen (secondary N) is 2. The molecule has 0 aliphatic rings. The van der Waals surface area contributed by atoms with Crippen LogP contribution < -0.4 is 10.6 Å². The second-order valence-corrected chi connectivity index (χ2v) is 4.87. The lowest BCUT2D eigenvalue weighted by Crippen LogP contribution is -2.19. The maximum absolute atomic E-state index is 11.8. The van der Waals surface area contributed by atoms with Gasteiger partial charge in [0.15, 0.2) is 0 Å². The molecule has 1 aromatic rings. The Morgan fingerprint density at radius 2 is 2.05 bits per heavy atom. The largest absolute Gasteiger partial charge is 0.389 e. The molecule has 0 saturated carbocycles. The molecule has 1 aromatic carbocycles. The molecule has 0 spiro atoms. The number of carbonyl (C=O) groups excluding carboxylic acids is 1. The van der Waals surface area contributed by atoms with E-state index < -0.39 is 5.91 Å². The maximum atomic E-state index is 11.8. The van der Waals surface area contributed by atoms with Crippen LogP contribution in [0.15, 0.2) is 36.0 Å². The van der Waals surface area contributed by atoms with Crippen molar-refractivity contribution >= 4 is 23.2 Å². The van der Waals surface area contributed by atoms with Crippen molar-refractivity contribution in [3.8, 4) is 6.07 Å². The van der Waals surface area contributed by atoms with Crippen LogP contribution in [0.1, 0.15) is 13.8 Å². The Kier molecular flexibility index (Phi) is 5.91. The molecule has 2 N–H and O–H groups in total. The molecule has 0 bridgehead atoms. The summed E-state index contributed by atoms with van der Waals surface area (Å²) in [6.07, 6.45) is 1.44. The van der Waals surface area contributed by atoms with E-state index in [0.29, 0.717) is 23.2 Å². The monoisotopic (exact) mass is 277 g/mol. The molecule has 100 valence electrons. The number of anilines is 1. The van der Waals surface area contributed by atoms with Crippen molar-refractivity contribution in [3.63, 3.8) is 0 Å². The molecule has 1 rings (SSSR count). The maximum Gasteiger partial charge on any atom is 0.267 e. The number of nitriles is 1. The van der Waals surface area contributed by atoms with E-state index >= 15 is 0 Å². The van der Waals surface area contributed by atoms with Gasteiger partial charge in [0.05, 0.1) is 0 Å². The van der Waals surface area contributed by atoms with Crippen LogP contribution in [0, 0.1) is 17.2 Å². The average molecular weight is 278 g/mol. The summed E-state index contributed by atoms with van der Waals surface area (Å²) in [4.78, 5) is 11.8. The van der Waals surface area contributed by atoms with E-state index in [2.05, 4.69) is 10.6 Å². The quantitative estimate of drug-likeness (QED) is 0.642. The summed E-state index contributed by atoms with van der Waals surface area (Å²) in [5.74, 6) is -0.00315. The molecule has 0 aliphatic carbocycles. The lowest BCUT2D eigenvalue weighted by atomic mass is 10.2. The molecular formula is C14H16ClN3O. The van der Waals surface area contributed by atoms with Crippen LogP contribution in [0.3, 0.4) is 0 Å². The standard InChI is InChI=1S/C14H16ClN3O/c1-10(2)8-17-9-11(7-16)14(19)18-13-5-3-12(15)4-6-13/h3-6,9-10,17H,8H2,1-2H3,(H,18,19)/b11-9-. The van der Waals surface area contributed by atoms with E-state index in [4.69, 9.17) is 16.9 Å². The van der Waals surface area contributed by atoms with Crippen molar-refractivity contribution in [1.82, 2.24) is 5.32 Å². The first kappa shape index (κ1) is 15.1. The van der Waals surface area contributed by atoms with Crippen LogP contribution >= 0.6 is 11.6 Å². The molecule has 0 aliphatic heterocycles. The Bertz CT molecular complexity index is 500. The summed E-state index contributed by atoms with van der Waals surface area (Å²) < 4.78 is 0. The van der Waals surface area contributed by atoms with Gasteiger partial charge < -0.3 is 10.6 Å². The lowest BCUT2D eigenvalue weighted by molar-refractivity contribution is -0.112. The Hall–Kier alpha value is -1.99. The molecule has 0 unspecified atom stereocenters. The van der Waals surface area contributed by atoms with Gasteiger partial charge >= 0.3 is 0 Å². The van der Waals surface area contributed by atoms with Gasteiger partial charge in [-0.2, -0.15) is 5.26 Å². The van der Waals surface area contributed by atoms with Crippen molar-refractivity contribution in [2.45, 2.75) is 13.8 Å². The Morgan fingerprint density at radius 1 is 1.42 bits per heavy atom. The summed E-state index contributed by atoms with van der Waals surface area (Å²) in [6.45, 7) is 4.79. The van der Waals surface area contributed by atoms with E-state index in [9.17, 15) is 4.79 Å². The summed E-state index contributed by atoms with van der Waals surface area (Å²) >= 11 is 5.75. The van der Waals surface area contributed by atoms with Gasteiger partial charge in [0.25, 0.3) is 5.91 Å². The molecule has 0 heterocycles. The molecule has 1 amide bonds. The van der Waals surface area contributed by atoms with Gasteiger partial charge in [0.1, 0.15) is 11.6 Å². The SMILES string of the molecule is CC(C)CN/C=C(/C#N)C(=O)Nc1ccc(Cl)cc1. The Balaban J connectivity index is 2.64. The fourth-order valence-corrected chi connectivity index (χ4v) is 1.40. The van der Waals surface area contributed by atoms with Crippen LogP contribution in [-0.4, -0.2) is 12.5 Å². The van der Waals surface area contributed by atoms with Crippen LogP contribution in [-0.2, 0) is 4.79 Å². The highest BCUT2D eigenvalue weighted by molar-refractivity contribution is 6.30. The first-order valence-corrected chi connectivity index (χ1v) is 6.31. The molecule has 5 heteroatoms. The van der Waals surface area contributed by atoms with E-state index in [1.165, 1.54) is 6.20 Å². The minimum absolute atomic E-state index is 0.0376. The third-order valence-corrected chi connectivity index (χ3v) is 2.49. The van der Waals surface area contributed by atoms with Crippen molar-refractivity contribution in [1.29, 1.82) is 5.26 Å². The second kappa shape index (κ2) is 7.45. The zero-order valence-corrected chi connectivity index (χ0v) is 11.7. The van der Waals surface area contributed by atoms with Crippen molar-refractivity contribution in [2.75, 3.05) is 11.9 Å². The van der Waals surface area contributed by atoms with Crippen molar-refractivity contribution in [3.05, 3.63) is 41.1 Å². The predicted molar refractivity (Wildman–Crippen MR) is 76.6 cm³/mol. The Labute approximate surface area is 118 Å². The number of amides is 1. The molecule has 0 fully saturated rings. The molecule has 0 radical (unpaired) electrons. The van der Waals surface area contributed by atoms with Crippen LogP contribution in [0.5, 0.6) is 0 Å². The average Bonchev–Trinajstić information content (AvgIpc) is 2.37. The zero-order chi connectivity index (χ0) is 14.3. The smallest absolute Gasteiger partial charge is 0.267 e. The number of benzene rings is 1. The summed E-state index contributed by atoms with van der Waals surface area (Å²) in [6, 6.07) is 8.56. The van der Waals surface area contributed by atoms with Gasteiger partial charge in [-0.25, -0.2) is 0 Å². The number of nitrogens with zero attached hydrogens (tertiary/aromatic N) is 1. The molecule has 4 nitrogen and oxygen atoms in total. The number of carbonyl (C=O) groups is 1. The van der Waals surface area contributed by atoms with Crippen LogP contribution in [0.4, 0.5) is 5.69 Å². The van der Waals surface area contributed by atoms with E-state index in [1.807, 2.05) is 19.9 Å². The fourth-order valence-electron chi connectivity index (χ4n) is 1.28. The van der Waals surface area contributed by atoms with Gasteiger partial charge in [0.2, 0.25) is 0 Å². The normalized spacial score (nSPS) is 11.0.